The number of amides is 1. The lowest BCUT2D eigenvalue weighted by Gasteiger charge is -2.08. The molecule has 2 N–H and O–H groups in total. The summed E-state index contributed by atoms with van der Waals surface area (Å²) in [4.78, 5) is 11.6. The van der Waals surface area contributed by atoms with E-state index < -0.39 is 6.10 Å². The van der Waals surface area contributed by atoms with E-state index in [1.807, 2.05) is 38.1 Å². The van der Waals surface area contributed by atoms with E-state index in [2.05, 4.69) is 5.32 Å². The van der Waals surface area contributed by atoms with Crippen LogP contribution in [0, 0.1) is 0 Å². The number of aliphatic hydroxyl groups excluding tert-OH is 1. The Bertz CT molecular complexity index is 429. The summed E-state index contributed by atoms with van der Waals surface area (Å²) in [6.07, 6.45) is 3.28. The molecule has 4 heteroatoms. The number of hydrogen-bond donors (Lipinski definition) is 2. The Kier molecular flexibility index (Phi) is 6.68. The van der Waals surface area contributed by atoms with E-state index in [1.165, 1.54) is 6.08 Å². The van der Waals surface area contributed by atoms with Crippen molar-refractivity contribution in [2.45, 2.75) is 26.4 Å². The minimum absolute atomic E-state index is 0.223. The molecule has 1 amide bonds. The summed E-state index contributed by atoms with van der Waals surface area (Å²) in [7, 11) is 0. The highest BCUT2D eigenvalue weighted by atomic mass is 16.5. The first-order valence-corrected chi connectivity index (χ1v) is 6.53. The first-order chi connectivity index (χ1) is 9.17. The summed E-state index contributed by atoms with van der Waals surface area (Å²) in [6.45, 7) is 4.64. The maximum absolute atomic E-state index is 11.6. The summed E-state index contributed by atoms with van der Waals surface area (Å²) < 4.78 is 5.46. The van der Waals surface area contributed by atoms with Crippen LogP contribution in [0.15, 0.2) is 30.3 Å². The molecule has 0 aliphatic rings. The van der Waals surface area contributed by atoms with Gasteiger partial charge in [-0.3, -0.25) is 4.79 Å². The predicted molar refractivity (Wildman–Crippen MR) is 76.0 cm³/mol. The maximum atomic E-state index is 11.6. The van der Waals surface area contributed by atoms with Crippen LogP contribution in [0.3, 0.4) is 0 Å². The van der Waals surface area contributed by atoms with Crippen LogP contribution in [0.5, 0.6) is 5.75 Å². The van der Waals surface area contributed by atoms with E-state index in [9.17, 15) is 9.90 Å². The van der Waals surface area contributed by atoms with Gasteiger partial charge in [-0.25, -0.2) is 0 Å². The first kappa shape index (κ1) is 15.2. The van der Waals surface area contributed by atoms with Crippen LogP contribution < -0.4 is 10.1 Å². The molecule has 0 aromatic heterocycles. The summed E-state index contributed by atoms with van der Waals surface area (Å²) in [5, 5.41) is 12.0. The fraction of sp³-hybridized carbons (Fsp3) is 0.400. The molecule has 19 heavy (non-hydrogen) atoms. The number of aliphatic hydroxyl groups is 1. The SMILES string of the molecule is CCOc1ccccc1/C=C/C(=O)NCC(O)CC. The lowest BCUT2D eigenvalue weighted by molar-refractivity contribution is -0.116. The van der Waals surface area contributed by atoms with Gasteiger partial charge in [-0.05, 0) is 25.5 Å². The molecule has 1 aromatic carbocycles. The van der Waals surface area contributed by atoms with Crippen molar-refractivity contribution in [2.75, 3.05) is 13.2 Å². The average Bonchev–Trinajstić information content (AvgIpc) is 2.44. The number of rotatable bonds is 7. The highest BCUT2D eigenvalue weighted by Crippen LogP contribution is 2.19. The van der Waals surface area contributed by atoms with Gasteiger partial charge < -0.3 is 15.2 Å². The quantitative estimate of drug-likeness (QED) is 0.740. The molecule has 0 aliphatic heterocycles. The highest BCUT2D eigenvalue weighted by molar-refractivity contribution is 5.92. The first-order valence-electron chi connectivity index (χ1n) is 6.53. The summed E-state index contributed by atoms with van der Waals surface area (Å²) in [5.41, 5.74) is 0.857. The van der Waals surface area contributed by atoms with Gasteiger partial charge in [-0.15, -0.1) is 0 Å². The number of carbonyl (C=O) groups excluding carboxylic acids is 1. The molecule has 1 unspecified atom stereocenters. The molecular formula is C15H21NO3. The van der Waals surface area contributed by atoms with E-state index in [1.54, 1.807) is 6.08 Å². The van der Waals surface area contributed by atoms with Crippen LogP contribution in [0.2, 0.25) is 0 Å². The molecule has 1 rings (SSSR count). The van der Waals surface area contributed by atoms with Gasteiger partial charge in [0.25, 0.3) is 0 Å². The zero-order valence-electron chi connectivity index (χ0n) is 11.4. The molecule has 104 valence electrons. The van der Waals surface area contributed by atoms with Crippen molar-refractivity contribution in [1.29, 1.82) is 0 Å². The van der Waals surface area contributed by atoms with Crippen LogP contribution >= 0.6 is 0 Å². The van der Waals surface area contributed by atoms with Gasteiger partial charge in [0.05, 0.1) is 12.7 Å². The molecule has 0 spiro atoms. The number of hydrogen-bond acceptors (Lipinski definition) is 3. The van der Waals surface area contributed by atoms with Crippen LogP contribution in [0.25, 0.3) is 6.08 Å². The third-order valence-corrected chi connectivity index (χ3v) is 2.62. The monoisotopic (exact) mass is 263 g/mol. The molecule has 0 bridgehead atoms. The van der Waals surface area contributed by atoms with E-state index in [0.717, 1.165) is 11.3 Å². The normalized spacial score (nSPS) is 12.4. The van der Waals surface area contributed by atoms with E-state index in [-0.39, 0.29) is 12.5 Å². The molecule has 0 saturated heterocycles. The summed E-state index contributed by atoms with van der Waals surface area (Å²) in [5.74, 6) is 0.529. The molecular weight excluding hydrogens is 242 g/mol. The van der Waals surface area contributed by atoms with Crippen molar-refractivity contribution in [3.8, 4) is 5.75 Å². The predicted octanol–water partition coefficient (Wildman–Crippen LogP) is 1.99. The van der Waals surface area contributed by atoms with Crippen LogP contribution in [-0.4, -0.2) is 30.3 Å². The second kappa shape index (κ2) is 8.32. The smallest absolute Gasteiger partial charge is 0.244 e. The molecule has 1 aromatic rings. The summed E-state index contributed by atoms with van der Waals surface area (Å²) >= 11 is 0. The number of para-hydroxylation sites is 1. The minimum Gasteiger partial charge on any atom is -0.493 e. The Labute approximate surface area is 114 Å². The third-order valence-electron chi connectivity index (χ3n) is 2.62. The molecule has 0 heterocycles. The molecule has 0 saturated carbocycles. The molecule has 1 atom stereocenters. The van der Waals surface area contributed by atoms with E-state index in [0.29, 0.717) is 13.0 Å². The van der Waals surface area contributed by atoms with Crippen molar-refractivity contribution in [3.05, 3.63) is 35.9 Å². The average molecular weight is 263 g/mol. The Morgan fingerprint density at radius 1 is 1.42 bits per heavy atom. The van der Waals surface area contributed by atoms with Gasteiger partial charge in [-0.2, -0.15) is 0 Å². The Morgan fingerprint density at radius 3 is 2.84 bits per heavy atom. The summed E-state index contributed by atoms with van der Waals surface area (Å²) in [6, 6.07) is 7.53. The maximum Gasteiger partial charge on any atom is 0.244 e. The number of benzene rings is 1. The van der Waals surface area contributed by atoms with Crippen LogP contribution in [-0.2, 0) is 4.79 Å². The minimum atomic E-state index is -0.493. The zero-order chi connectivity index (χ0) is 14.1. The van der Waals surface area contributed by atoms with Crippen molar-refractivity contribution in [1.82, 2.24) is 5.32 Å². The number of carbonyl (C=O) groups is 1. The van der Waals surface area contributed by atoms with Gasteiger partial charge >= 0.3 is 0 Å². The van der Waals surface area contributed by atoms with Gasteiger partial charge in [0.15, 0.2) is 0 Å². The van der Waals surface area contributed by atoms with Crippen LogP contribution in [0.1, 0.15) is 25.8 Å². The van der Waals surface area contributed by atoms with Gasteiger partial charge in [0.1, 0.15) is 5.75 Å². The largest absolute Gasteiger partial charge is 0.493 e. The fourth-order valence-electron chi connectivity index (χ4n) is 1.49. The van der Waals surface area contributed by atoms with Crippen molar-refractivity contribution in [2.24, 2.45) is 0 Å². The van der Waals surface area contributed by atoms with Crippen molar-refractivity contribution >= 4 is 12.0 Å². The van der Waals surface area contributed by atoms with Gasteiger partial charge in [-0.1, -0.05) is 25.1 Å². The molecule has 0 fully saturated rings. The van der Waals surface area contributed by atoms with Gasteiger partial charge in [0, 0.05) is 18.2 Å². The number of ether oxygens (including phenoxy) is 1. The zero-order valence-corrected chi connectivity index (χ0v) is 11.4. The van der Waals surface area contributed by atoms with Crippen molar-refractivity contribution < 1.29 is 14.6 Å². The molecule has 4 nitrogen and oxygen atoms in total. The lowest BCUT2D eigenvalue weighted by Crippen LogP contribution is -2.30. The second-order valence-electron chi connectivity index (χ2n) is 4.11. The van der Waals surface area contributed by atoms with E-state index in [4.69, 9.17) is 4.74 Å². The third kappa shape index (κ3) is 5.57. The molecule has 0 radical (unpaired) electrons. The van der Waals surface area contributed by atoms with Crippen LogP contribution in [0.4, 0.5) is 0 Å². The van der Waals surface area contributed by atoms with Gasteiger partial charge in [0.2, 0.25) is 5.91 Å². The Hall–Kier alpha value is -1.81. The second-order valence-corrected chi connectivity index (χ2v) is 4.11. The fourth-order valence-corrected chi connectivity index (χ4v) is 1.49. The number of nitrogens with one attached hydrogen (secondary N) is 1. The Morgan fingerprint density at radius 2 is 2.16 bits per heavy atom. The highest BCUT2D eigenvalue weighted by Gasteiger charge is 2.03. The Balaban J connectivity index is 2.58. The molecule has 0 aliphatic carbocycles. The lowest BCUT2D eigenvalue weighted by atomic mass is 10.2. The van der Waals surface area contributed by atoms with E-state index >= 15 is 0 Å². The van der Waals surface area contributed by atoms with Crippen molar-refractivity contribution in [3.63, 3.8) is 0 Å². The topological polar surface area (TPSA) is 58.6 Å². The standard InChI is InChI=1S/C15H21NO3/c1-3-13(17)11-16-15(18)10-9-12-7-5-6-8-14(12)19-4-2/h5-10,13,17H,3-4,11H2,1-2H3,(H,16,18)/b10-9+.